The molecule has 32 valence electrons. The molecule has 0 aromatic rings. The molecule has 2 N–H and O–H groups in total. The SMILES string of the molecule is O.[Ca+2].[Ca+2].[H-].[H-].[H-].[H-].[Mg+2].[PH2-].[SiH3-]. The van der Waals surface area contributed by atoms with E-state index in [9.17, 15) is 0 Å². The molecular weight excluding hydrogens is 180 g/mol. The van der Waals surface area contributed by atoms with Crippen LogP contribution in [0.1, 0.15) is 5.71 Å². The monoisotopic (exact) mass is 190 g/mol. The fourth-order valence-corrected chi connectivity index (χ4v) is 0. The first-order valence-corrected chi connectivity index (χ1v) is 0. The van der Waals surface area contributed by atoms with Gasteiger partial charge >= 0.3 is 98.5 Å². The van der Waals surface area contributed by atoms with E-state index in [1.54, 1.807) is 0 Å². The summed E-state index contributed by atoms with van der Waals surface area (Å²) in [5.74, 6) is 0. The molecule has 0 saturated heterocycles. The summed E-state index contributed by atoms with van der Waals surface area (Å²) in [5.41, 5.74) is 0. The van der Waals surface area contributed by atoms with Gasteiger partial charge < -0.3 is 32.0 Å². The van der Waals surface area contributed by atoms with Gasteiger partial charge in [0.15, 0.2) is 0 Å². The van der Waals surface area contributed by atoms with Gasteiger partial charge in [-0.2, -0.15) is 0 Å². The molecule has 0 aliphatic rings. The van der Waals surface area contributed by atoms with Gasteiger partial charge in [-0.1, -0.05) is 0 Å². The summed E-state index contributed by atoms with van der Waals surface area (Å²) in [6.07, 6.45) is 0. The molecule has 0 aromatic carbocycles. The second kappa shape index (κ2) is 36.6. The molecule has 0 aromatic heterocycles. The smallest absolute Gasteiger partial charge is 1.00 e. The molecule has 6 heavy (non-hydrogen) atoms. The van der Waals surface area contributed by atoms with E-state index < -0.39 is 0 Å². The molecule has 0 aliphatic heterocycles. The quantitative estimate of drug-likeness (QED) is 0.302. The van der Waals surface area contributed by atoms with E-state index in [2.05, 4.69) is 0 Å². The Labute approximate surface area is 128 Å². The molecule has 0 rings (SSSR count). The molecule has 0 bridgehead atoms. The van der Waals surface area contributed by atoms with Crippen LogP contribution in [0.2, 0.25) is 0 Å². The second-order valence-corrected chi connectivity index (χ2v) is 0. The Balaban J connectivity index is 0. The first-order chi connectivity index (χ1) is 0. The molecule has 0 heterocycles. The Hall–Kier alpha value is 3.89. The predicted octanol–water partition coefficient (Wildman–Crippen LogP) is -2.38. The van der Waals surface area contributed by atoms with Gasteiger partial charge in [-0.3, -0.25) is 0 Å². The van der Waals surface area contributed by atoms with Crippen LogP contribution < -0.4 is 0 Å². The molecule has 0 spiro atoms. The molecular formula is H11Ca2MgOPSi. The third-order valence-electron chi connectivity index (χ3n) is 0. The average Bonchev–Trinajstić information content (AvgIpc) is 0. The molecule has 0 radical (unpaired) electrons. The van der Waals surface area contributed by atoms with Crippen molar-refractivity contribution in [3.05, 3.63) is 0 Å². The summed E-state index contributed by atoms with van der Waals surface area (Å²) < 4.78 is 0. The van der Waals surface area contributed by atoms with Gasteiger partial charge in [-0.15, -0.1) is 0 Å². The zero-order valence-corrected chi connectivity index (χ0v) is 13.2. The van der Waals surface area contributed by atoms with Crippen molar-refractivity contribution in [1.82, 2.24) is 0 Å². The largest absolute Gasteiger partial charge is 2.00 e. The number of hydrogen-bond acceptors (Lipinski definition) is 0. The first-order valence-electron chi connectivity index (χ1n) is 0. The van der Waals surface area contributed by atoms with E-state index in [-0.39, 0.29) is 131 Å². The Kier molecular flexibility index (Phi) is 315. The van der Waals surface area contributed by atoms with E-state index in [1.165, 1.54) is 0 Å². The van der Waals surface area contributed by atoms with Crippen molar-refractivity contribution in [3.63, 3.8) is 0 Å². The van der Waals surface area contributed by atoms with Gasteiger partial charge in [-0.25, -0.2) is 0 Å². The molecule has 0 aliphatic carbocycles. The standard InChI is InChI=1S/2Ca.Mg.H2O.H2P.H3Si.4H/h;;;2*1H2;1H3;;;;/q3*+2;;6*-1. The van der Waals surface area contributed by atoms with Crippen LogP contribution in [-0.2, 0) is 0 Å². The van der Waals surface area contributed by atoms with Crippen molar-refractivity contribution in [3.8, 4) is 0 Å². The Bertz CT molecular complexity index is 23.2. The van der Waals surface area contributed by atoms with Crippen LogP contribution in [0.5, 0.6) is 0 Å². The molecule has 0 fully saturated rings. The van der Waals surface area contributed by atoms with Crippen LogP contribution in [0.3, 0.4) is 0 Å². The first kappa shape index (κ1) is 51.6. The topological polar surface area (TPSA) is 31.5 Å². The fourth-order valence-electron chi connectivity index (χ4n) is 0. The fraction of sp³-hybridized carbons (Fsp3) is 0. The molecule has 0 atom stereocenters. The maximum absolute atomic E-state index is 0. The van der Waals surface area contributed by atoms with Gasteiger partial charge in [-0.05, 0) is 0 Å². The van der Waals surface area contributed by atoms with Crippen molar-refractivity contribution < 1.29 is 11.2 Å². The Morgan fingerprint density at radius 3 is 1.00 bits per heavy atom. The minimum absolute atomic E-state index is 0. The van der Waals surface area contributed by atoms with Crippen molar-refractivity contribution in [2.45, 2.75) is 0 Å². The maximum atomic E-state index is 0. The van der Waals surface area contributed by atoms with Crippen LogP contribution in [0.4, 0.5) is 0 Å². The number of rotatable bonds is 0. The Morgan fingerprint density at radius 1 is 1.00 bits per heavy atom. The molecule has 0 saturated carbocycles. The van der Waals surface area contributed by atoms with Crippen molar-refractivity contribution in [1.29, 1.82) is 0 Å². The van der Waals surface area contributed by atoms with Crippen LogP contribution in [0.25, 0.3) is 0 Å². The second-order valence-electron chi connectivity index (χ2n) is 0. The van der Waals surface area contributed by atoms with E-state index in [4.69, 9.17) is 0 Å². The minimum Gasteiger partial charge on any atom is -1.00 e. The zero-order chi connectivity index (χ0) is 0. The summed E-state index contributed by atoms with van der Waals surface area (Å²) in [6.45, 7) is 0. The van der Waals surface area contributed by atoms with Gasteiger partial charge in [0.2, 0.25) is 0 Å². The summed E-state index contributed by atoms with van der Waals surface area (Å²) in [6, 6.07) is 0. The van der Waals surface area contributed by atoms with Crippen molar-refractivity contribution in [2.24, 2.45) is 0 Å². The van der Waals surface area contributed by atoms with Gasteiger partial charge in [0.05, 0.1) is 0 Å². The van der Waals surface area contributed by atoms with Gasteiger partial charge in [0.1, 0.15) is 0 Å². The summed E-state index contributed by atoms with van der Waals surface area (Å²) in [4.78, 5) is 0. The molecule has 0 unspecified atom stereocenters. The summed E-state index contributed by atoms with van der Waals surface area (Å²) >= 11 is 0. The molecule has 1 nitrogen and oxygen atoms in total. The zero-order valence-electron chi connectivity index (χ0n) is 8.20. The van der Waals surface area contributed by atoms with Crippen LogP contribution in [0, 0.1) is 0 Å². The molecule has 0 amide bonds. The predicted molar refractivity (Wildman–Crippen MR) is 45.0 cm³/mol. The van der Waals surface area contributed by atoms with Crippen molar-refractivity contribution >= 4 is 119 Å². The molecule has 6 heteroatoms. The summed E-state index contributed by atoms with van der Waals surface area (Å²) in [7, 11) is 0. The van der Waals surface area contributed by atoms with E-state index in [0.29, 0.717) is 0 Å². The summed E-state index contributed by atoms with van der Waals surface area (Å²) in [5, 5.41) is 0. The Morgan fingerprint density at radius 2 is 1.00 bits per heavy atom. The van der Waals surface area contributed by atoms with E-state index in [0.717, 1.165) is 0 Å². The third-order valence-corrected chi connectivity index (χ3v) is 0. The van der Waals surface area contributed by atoms with Gasteiger partial charge in [0, 0.05) is 0 Å². The van der Waals surface area contributed by atoms with E-state index >= 15 is 0 Å². The normalized spacial score (nSPS) is 0. The van der Waals surface area contributed by atoms with Crippen molar-refractivity contribution in [2.75, 3.05) is 0 Å². The van der Waals surface area contributed by atoms with E-state index in [1.807, 2.05) is 0 Å². The van der Waals surface area contributed by atoms with Crippen LogP contribution in [0.15, 0.2) is 0 Å². The van der Waals surface area contributed by atoms with Crippen LogP contribution in [-0.4, -0.2) is 115 Å². The maximum Gasteiger partial charge on any atom is 2.00 e. The minimum atomic E-state index is 0. The average molecular weight is 191 g/mol. The number of hydrogen-bond donors (Lipinski definition) is 0. The van der Waals surface area contributed by atoms with Crippen LogP contribution >= 0.6 is 9.90 Å². The van der Waals surface area contributed by atoms with Gasteiger partial charge in [0.25, 0.3) is 0 Å². The third kappa shape index (κ3) is 24.7.